The number of pyridine rings is 1. The quantitative estimate of drug-likeness (QED) is 0.393. The standard InChI is InChI=1S/C19H28N4O2.3C2HF3O2/c1-21-10-12-22(13-11-21)17-14-19(25-15-17)4-8-23(9-5-19)18(24)16-2-6-20-7-3-16;3*3-2(4,5)1(6)7/h2-3,6-7,17H,4-5,8-15H2,1H3;3*(H,6,7). The van der Waals surface area contributed by atoms with Gasteiger partial charge in [0.05, 0.1) is 12.2 Å². The molecule has 3 aliphatic rings. The van der Waals surface area contributed by atoms with Gasteiger partial charge in [0.25, 0.3) is 5.91 Å². The highest BCUT2D eigenvalue weighted by molar-refractivity contribution is 5.94. The second kappa shape index (κ2) is 16.7. The van der Waals surface area contributed by atoms with Crippen molar-refractivity contribution in [1.82, 2.24) is 19.7 Å². The first-order chi connectivity index (χ1) is 21.0. The molecule has 3 fully saturated rings. The van der Waals surface area contributed by atoms with Gasteiger partial charge in [0.15, 0.2) is 0 Å². The summed E-state index contributed by atoms with van der Waals surface area (Å²) in [5.41, 5.74) is 0.719. The molecule has 3 saturated heterocycles. The molecule has 262 valence electrons. The largest absolute Gasteiger partial charge is 0.490 e. The van der Waals surface area contributed by atoms with Crippen molar-refractivity contribution in [2.45, 2.75) is 49.4 Å². The lowest BCUT2D eigenvalue weighted by Gasteiger charge is -2.40. The highest BCUT2D eigenvalue weighted by Gasteiger charge is 2.45. The zero-order chi connectivity index (χ0) is 35.5. The van der Waals surface area contributed by atoms with Crippen LogP contribution in [-0.4, -0.2) is 142 Å². The molecule has 1 unspecified atom stereocenters. The van der Waals surface area contributed by atoms with Crippen molar-refractivity contribution in [3.8, 4) is 0 Å². The lowest BCUT2D eigenvalue weighted by molar-refractivity contribution is -0.193. The maximum atomic E-state index is 12.6. The number of nitrogens with zero attached hydrogens (tertiary/aromatic N) is 4. The number of amides is 1. The van der Waals surface area contributed by atoms with E-state index in [9.17, 15) is 44.3 Å². The van der Waals surface area contributed by atoms with Crippen molar-refractivity contribution in [2.24, 2.45) is 0 Å². The number of rotatable bonds is 2. The van der Waals surface area contributed by atoms with Gasteiger partial charge in [0.2, 0.25) is 0 Å². The maximum Gasteiger partial charge on any atom is 0.490 e. The normalized spacial score (nSPS) is 20.2. The molecule has 46 heavy (non-hydrogen) atoms. The van der Waals surface area contributed by atoms with Gasteiger partial charge in [0, 0.05) is 63.3 Å². The number of hydrogen-bond acceptors (Lipinski definition) is 8. The van der Waals surface area contributed by atoms with Crippen molar-refractivity contribution < 1.29 is 78.7 Å². The Morgan fingerprint density at radius 1 is 0.761 bits per heavy atom. The van der Waals surface area contributed by atoms with E-state index in [0.717, 1.165) is 70.7 Å². The van der Waals surface area contributed by atoms with Crippen LogP contribution < -0.4 is 0 Å². The summed E-state index contributed by atoms with van der Waals surface area (Å²) in [7, 11) is 2.19. The first-order valence-corrected chi connectivity index (χ1v) is 13.1. The minimum atomic E-state index is -5.08. The van der Waals surface area contributed by atoms with Gasteiger partial charge in [-0.3, -0.25) is 14.7 Å². The number of alkyl halides is 9. The summed E-state index contributed by atoms with van der Waals surface area (Å²) in [5, 5.41) is 21.4. The number of carbonyl (C=O) groups excluding carboxylic acids is 1. The molecule has 0 radical (unpaired) electrons. The van der Waals surface area contributed by atoms with E-state index in [-0.39, 0.29) is 11.5 Å². The molecule has 4 rings (SSSR count). The molecule has 0 bridgehead atoms. The van der Waals surface area contributed by atoms with E-state index in [2.05, 4.69) is 21.8 Å². The van der Waals surface area contributed by atoms with Gasteiger partial charge in [0.1, 0.15) is 0 Å². The zero-order valence-corrected chi connectivity index (χ0v) is 24.0. The van der Waals surface area contributed by atoms with Crippen LogP contribution in [0.25, 0.3) is 0 Å². The lowest BCUT2D eigenvalue weighted by Crippen LogP contribution is -2.50. The number of carboxylic acid groups (broad SMARTS) is 3. The molecule has 12 nitrogen and oxygen atoms in total. The van der Waals surface area contributed by atoms with Gasteiger partial charge in [-0.2, -0.15) is 39.5 Å². The van der Waals surface area contributed by atoms with Crippen LogP contribution in [0.5, 0.6) is 0 Å². The third kappa shape index (κ3) is 13.7. The van der Waals surface area contributed by atoms with E-state index in [1.165, 1.54) is 0 Å². The predicted molar refractivity (Wildman–Crippen MR) is 137 cm³/mol. The SMILES string of the molecule is CN1CCN(C2COC3(CCN(C(=O)c4ccncc4)CC3)C2)CC1.O=C(O)C(F)(F)F.O=C(O)C(F)(F)F.O=C(O)C(F)(F)F. The summed E-state index contributed by atoms with van der Waals surface area (Å²) in [6, 6.07) is 4.14. The molecule has 1 aromatic rings. The van der Waals surface area contributed by atoms with Crippen molar-refractivity contribution in [2.75, 3.05) is 52.9 Å². The Hall–Kier alpha value is -3.72. The van der Waals surface area contributed by atoms with Crippen LogP contribution in [0.1, 0.15) is 29.6 Å². The van der Waals surface area contributed by atoms with E-state index in [0.29, 0.717) is 6.04 Å². The van der Waals surface area contributed by atoms with E-state index >= 15 is 0 Å². The number of halogens is 9. The Kier molecular flexibility index (Phi) is 14.7. The van der Waals surface area contributed by atoms with Crippen molar-refractivity contribution >= 4 is 23.8 Å². The van der Waals surface area contributed by atoms with Gasteiger partial charge in [-0.1, -0.05) is 0 Å². The summed E-state index contributed by atoms with van der Waals surface area (Å²) in [4.78, 5) is 50.2. The number of carboxylic acids is 3. The fraction of sp³-hybridized carbons (Fsp3) is 0.640. The molecule has 4 heterocycles. The molecule has 0 aromatic carbocycles. The second-order valence-corrected chi connectivity index (χ2v) is 10.1. The maximum absolute atomic E-state index is 12.6. The summed E-state index contributed by atoms with van der Waals surface area (Å²) >= 11 is 0. The molecule has 1 aromatic heterocycles. The van der Waals surface area contributed by atoms with Crippen LogP contribution in [0.15, 0.2) is 24.5 Å². The number of carbonyl (C=O) groups is 4. The summed E-state index contributed by atoms with van der Waals surface area (Å²) in [6.45, 7) is 7.02. The topological polar surface area (TPSA) is 161 Å². The number of piperazine rings is 1. The summed E-state index contributed by atoms with van der Waals surface area (Å²) in [6.07, 6.45) is -8.87. The van der Waals surface area contributed by atoms with Crippen LogP contribution in [-0.2, 0) is 19.1 Å². The lowest BCUT2D eigenvalue weighted by atomic mass is 9.86. The van der Waals surface area contributed by atoms with Gasteiger partial charge in [-0.15, -0.1) is 0 Å². The minimum absolute atomic E-state index is 0.0109. The molecule has 1 atom stereocenters. The Bertz CT molecular complexity index is 1090. The first-order valence-electron chi connectivity index (χ1n) is 13.1. The van der Waals surface area contributed by atoms with Crippen LogP contribution in [0.3, 0.4) is 0 Å². The molecule has 3 N–H and O–H groups in total. The monoisotopic (exact) mass is 686 g/mol. The number of aliphatic carboxylic acids is 3. The third-order valence-electron chi connectivity index (χ3n) is 6.86. The van der Waals surface area contributed by atoms with Crippen LogP contribution in [0.2, 0.25) is 0 Å². The smallest absolute Gasteiger partial charge is 0.475 e. The van der Waals surface area contributed by atoms with Gasteiger partial charge in [-0.25, -0.2) is 14.4 Å². The van der Waals surface area contributed by atoms with Crippen molar-refractivity contribution in [3.05, 3.63) is 30.1 Å². The first kappa shape index (κ1) is 40.3. The van der Waals surface area contributed by atoms with E-state index in [1.54, 1.807) is 24.5 Å². The van der Waals surface area contributed by atoms with Gasteiger partial charge >= 0.3 is 36.4 Å². The van der Waals surface area contributed by atoms with Gasteiger partial charge in [-0.05, 0) is 38.4 Å². The fourth-order valence-electron chi connectivity index (χ4n) is 4.38. The third-order valence-corrected chi connectivity index (χ3v) is 6.86. The van der Waals surface area contributed by atoms with E-state index in [1.807, 2.05) is 4.90 Å². The predicted octanol–water partition coefficient (Wildman–Crippen LogP) is 2.99. The summed E-state index contributed by atoms with van der Waals surface area (Å²) in [5.74, 6) is -8.15. The molecule has 21 heteroatoms. The number of aromatic nitrogens is 1. The Morgan fingerprint density at radius 3 is 1.52 bits per heavy atom. The number of piperidine rings is 1. The van der Waals surface area contributed by atoms with Crippen LogP contribution in [0.4, 0.5) is 39.5 Å². The average molecular weight is 687 g/mol. The number of likely N-dealkylation sites (tertiary alicyclic amines) is 1. The molecule has 1 amide bonds. The molecule has 0 aliphatic carbocycles. The highest BCUT2D eigenvalue weighted by atomic mass is 19.4. The Morgan fingerprint density at radius 2 is 1.15 bits per heavy atom. The molecule has 3 aliphatic heterocycles. The fourth-order valence-corrected chi connectivity index (χ4v) is 4.38. The Balaban J connectivity index is 0.000000413. The molecule has 1 spiro atoms. The highest BCUT2D eigenvalue weighted by Crippen LogP contribution is 2.38. The van der Waals surface area contributed by atoms with Crippen LogP contribution in [0, 0.1) is 0 Å². The minimum Gasteiger partial charge on any atom is -0.475 e. The van der Waals surface area contributed by atoms with E-state index in [4.69, 9.17) is 34.4 Å². The number of hydrogen-bond donors (Lipinski definition) is 3. The number of likely N-dealkylation sites (N-methyl/N-ethyl adjacent to an activating group) is 1. The number of ether oxygens (including phenoxy) is 1. The van der Waals surface area contributed by atoms with E-state index < -0.39 is 36.4 Å². The molecular weight excluding hydrogens is 655 g/mol. The summed E-state index contributed by atoms with van der Waals surface area (Å²) < 4.78 is 102. The zero-order valence-electron chi connectivity index (χ0n) is 24.0. The van der Waals surface area contributed by atoms with Gasteiger partial charge < -0.3 is 29.9 Å². The molecule has 0 saturated carbocycles. The van der Waals surface area contributed by atoms with Crippen molar-refractivity contribution in [1.29, 1.82) is 0 Å². The van der Waals surface area contributed by atoms with Crippen LogP contribution >= 0.6 is 0 Å². The second-order valence-electron chi connectivity index (χ2n) is 10.1. The molecular formula is C25H31F9N4O8. The Labute approximate surface area is 255 Å². The van der Waals surface area contributed by atoms with Crippen molar-refractivity contribution in [3.63, 3.8) is 0 Å². The average Bonchev–Trinajstić information content (AvgIpc) is 3.36.